The molecule has 0 saturated carbocycles. The van der Waals surface area contributed by atoms with Crippen molar-refractivity contribution in [2.45, 2.75) is 88.5 Å². The van der Waals surface area contributed by atoms with E-state index < -0.39 is 37.7 Å². The molecule has 0 bridgehead atoms. The van der Waals surface area contributed by atoms with Crippen LogP contribution < -0.4 is 5.32 Å². The summed E-state index contributed by atoms with van der Waals surface area (Å²) in [5.74, 6) is -0.114. The number of thioether (sulfide) groups is 1. The van der Waals surface area contributed by atoms with E-state index in [2.05, 4.69) is 29.7 Å². The number of amides is 3. The number of hydrogen-bond donors (Lipinski definition) is 1. The van der Waals surface area contributed by atoms with Gasteiger partial charge in [0, 0.05) is 27.6 Å². The highest BCUT2D eigenvalue weighted by molar-refractivity contribution is 8.00. The van der Waals surface area contributed by atoms with Crippen LogP contribution in [0.15, 0.2) is 0 Å². The van der Waals surface area contributed by atoms with Gasteiger partial charge in [0.25, 0.3) is 5.91 Å². The molecule has 3 fully saturated rings. The number of carbonyl (C=O) groups excluding carboxylic acids is 4. The number of methoxy groups -OCH3 is 1. The van der Waals surface area contributed by atoms with E-state index in [4.69, 9.17) is 14.2 Å². The van der Waals surface area contributed by atoms with E-state index in [0.29, 0.717) is 44.7 Å². The van der Waals surface area contributed by atoms with Crippen molar-refractivity contribution in [1.82, 2.24) is 15.1 Å². The Hall–Kier alpha value is -2.15. The predicted molar refractivity (Wildman–Crippen MR) is 141 cm³/mol. The lowest BCUT2D eigenvalue weighted by molar-refractivity contribution is -0.143. The number of piperidine rings is 1. The fourth-order valence-electron chi connectivity index (χ4n) is 4.93. The molecule has 13 heteroatoms. The van der Waals surface area contributed by atoms with Crippen LogP contribution in [0.1, 0.15) is 40.0 Å². The van der Waals surface area contributed by atoms with Gasteiger partial charge in [-0.15, -0.1) is 11.8 Å². The zero-order valence-corrected chi connectivity index (χ0v) is 24.8. The lowest BCUT2D eigenvalue weighted by Crippen LogP contribution is -2.62. The van der Waals surface area contributed by atoms with Crippen molar-refractivity contribution in [2.24, 2.45) is 5.92 Å². The minimum absolute atomic E-state index is 0.233. The van der Waals surface area contributed by atoms with Crippen molar-refractivity contribution in [3.8, 4) is 0 Å². The van der Waals surface area contributed by atoms with Gasteiger partial charge in [0.15, 0.2) is 6.23 Å². The molecule has 0 spiro atoms. The Labute approximate surface area is 224 Å². The Kier molecular flexibility index (Phi) is 8.98. The Morgan fingerprint density at radius 3 is 2.38 bits per heavy atom. The summed E-state index contributed by atoms with van der Waals surface area (Å²) in [5, 5.41) is 2.65. The number of fused-ring (bicyclic) bond motifs is 1. The Bertz CT molecular complexity index is 884. The highest BCUT2D eigenvalue weighted by Crippen LogP contribution is 2.47. The quantitative estimate of drug-likeness (QED) is 0.294. The molecule has 210 valence electrons. The highest BCUT2D eigenvalue weighted by atomic mass is 32.2. The van der Waals surface area contributed by atoms with Crippen LogP contribution >= 0.6 is 11.8 Å². The van der Waals surface area contributed by atoms with Crippen LogP contribution in [0.3, 0.4) is 0 Å². The summed E-state index contributed by atoms with van der Waals surface area (Å²) in [5.41, 5.74) is -1.97. The van der Waals surface area contributed by atoms with Crippen LogP contribution in [0.2, 0.25) is 25.7 Å². The molecule has 0 unspecified atom stereocenters. The van der Waals surface area contributed by atoms with Crippen molar-refractivity contribution in [1.29, 1.82) is 0 Å². The van der Waals surface area contributed by atoms with Crippen LogP contribution in [0.25, 0.3) is 0 Å². The van der Waals surface area contributed by atoms with Gasteiger partial charge in [-0.05, 0) is 45.6 Å². The van der Waals surface area contributed by atoms with E-state index in [1.54, 1.807) is 25.7 Å². The molecule has 0 aromatic rings. The maximum Gasteiger partial charge on any atom is 0.509 e. The second kappa shape index (κ2) is 11.3. The summed E-state index contributed by atoms with van der Waals surface area (Å²) in [6.45, 7) is 13.2. The number of alkyl carbamates (subject to hydrolysis) is 1. The molecule has 3 saturated heterocycles. The molecule has 1 N–H and O–H groups in total. The fourth-order valence-corrected chi connectivity index (χ4v) is 7.03. The third-order valence-electron chi connectivity index (χ3n) is 6.82. The van der Waals surface area contributed by atoms with E-state index in [1.807, 2.05) is 0 Å². The molecule has 0 aromatic carbocycles. The topological polar surface area (TPSA) is 124 Å². The molecule has 3 amide bonds. The van der Waals surface area contributed by atoms with Gasteiger partial charge in [0.1, 0.15) is 11.1 Å². The first-order chi connectivity index (χ1) is 17.1. The summed E-state index contributed by atoms with van der Waals surface area (Å²) < 4.78 is 21.0. The zero-order valence-electron chi connectivity index (χ0n) is 23.0. The number of ether oxygens (including phenoxy) is 4. The van der Waals surface area contributed by atoms with Crippen LogP contribution in [0, 0.1) is 5.92 Å². The van der Waals surface area contributed by atoms with Gasteiger partial charge in [0.2, 0.25) is 0 Å². The van der Waals surface area contributed by atoms with Gasteiger partial charge in [-0.2, -0.15) is 0 Å². The number of rotatable bonds is 6. The molecular formula is C24H41N3O8SSi. The first kappa shape index (κ1) is 29.4. The molecule has 0 aromatic heterocycles. The van der Waals surface area contributed by atoms with Crippen molar-refractivity contribution in [3.63, 3.8) is 0 Å². The van der Waals surface area contributed by atoms with E-state index in [0.717, 1.165) is 6.04 Å². The minimum atomic E-state index is -1.31. The molecule has 3 aliphatic rings. The first-order valence-electron chi connectivity index (χ1n) is 12.8. The normalized spacial score (nSPS) is 26.5. The average Bonchev–Trinajstić information content (AvgIpc) is 3.29. The number of nitrogens with zero attached hydrogens (tertiary/aromatic N) is 2. The average molecular weight is 560 g/mol. The number of nitrogens with one attached hydrogen (secondary N) is 1. The van der Waals surface area contributed by atoms with Crippen molar-refractivity contribution < 1.29 is 38.1 Å². The van der Waals surface area contributed by atoms with Crippen LogP contribution in [-0.4, -0.2) is 97.4 Å². The van der Waals surface area contributed by atoms with E-state index in [9.17, 15) is 19.2 Å². The Balaban J connectivity index is 1.73. The second-order valence-electron chi connectivity index (χ2n) is 12.0. The van der Waals surface area contributed by atoms with Crippen LogP contribution in [-0.2, 0) is 23.7 Å². The summed E-state index contributed by atoms with van der Waals surface area (Å²) in [4.78, 5) is 54.4. The number of carbonyl (C=O) groups is 4. The van der Waals surface area contributed by atoms with Gasteiger partial charge >= 0.3 is 18.3 Å². The Morgan fingerprint density at radius 2 is 1.81 bits per heavy atom. The third kappa shape index (κ3) is 7.24. The maximum atomic E-state index is 13.9. The molecule has 3 atom stereocenters. The zero-order chi connectivity index (χ0) is 27.6. The summed E-state index contributed by atoms with van der Waals surface area (Å²) >= 11 is 1.50. The van der Waals surface area contributed by atoms with Gasteiger partial charge in [-0.1, -0.05) is 19.6 Å². The van der Waals surface area contributed by atoms with E-state index >= 15 is 0 Å². The fraction of sp³-hybridized carbons (Fsp3) is 0.833. The standard InChI is InChI=1S/C24H41N3O8SSi/c1-23(2,3)35-20(29)25-24(14-18-27(19(24)28)17(15-36-18)34-22(31)32-4)16-8-10-26(11-9-16)21(30)33-12-13-37(5,6)7/h16-18H,8-15H2,1-7H3,(H,25,29)/t17-,18+,24+/m1/s1. The van der Waals surface area contributed by atoms with Crippen molar-refractivity contribution in [2.75, 3.05) is 32.6 Å². The van der Waals surface area contributed by atoms with Gasteiger partial charge < -0.3 is 29.2 Å². The second-order valence-corrected chi connectivity index (χ2v) is 18.8. The highest BCUT2D eigenvalue weighted by Gasteiger charge is 2.62. The monoisotopic (exact) mass is 559 g/mol. The van der Waals surface area contributed by atoms with E-state index in [1.165, 1.54) is 23.8 Å². The van der Waals surface area contributed by atoms with Gasteiger partial charge in [-0.3, -0.25) is 9.69 Å². The molecule has 3 aliphatic heterocycles. The first-order valence-corrected chi connectivity index (χ1v) is 17.5. The molecule has 37 heavy (non-hydrogen) atoms. The molecule has 3 rings (SSSR count). The Morgan fingerprint density at radius 1 is 1.16 bits per heavy atom. The minimum Gasteiger partial charge on any atom is -0.450 e. The third-order valence-corrected chi connectivity index (χ3v) is 9.78. The van der Waals surface area contributed by atoms with Crippen LogP contribution in [0.5, 0.6) is 0 Å². The van der Waals surface area contributed by atoms with Gasteiger partial charge in [0.05, 0.1) is 24.8 Å². The maximum absolute atomic E-state index is 13.9. The molecule has 0 radical (unpaired) electrons. The van der Waals surface area contributed by atoms with Crippen molar-refractivity contribution >= 4 is 44.1 Å². The SMILES string of the molecule is COC(=O)O[C@@H]1CS[C@H]2C[C@](NC(=O)OC(C)(C)C)(C3CCN(C(=O)OCC[Si](C)(C)C)CC3)C(=O)N21. The van der Waals surface area contributed by atoms with Gasteiger partial charge in [-0.25, -0.2) is 14.4 Å². The lowest BCUT2D eigenvalue weighted by Gasteiger charge is -2.41. The molecule has 0 aliphatic carbocycles. The summed E-state index contributed by atoms with van der Waals surface area (Å²) in [6.07, 6.45) is -1.29. The lowest BCUT2D eigenvalue weighted by atomic mass is 9.76. The molecule has 3 heterocycles. The predicted octanol–water partition coefficient (Wildman–Crippen LogP) is 3.85. The summed E-state index contributed by atoms with van der Waals surface area (Å²) in [7, 11) is -0.0997. The van der Waals surface area contributed by atoms with Crippen LogP contribution in [0.4, 0.5) is 14.4 Å². The number of hydrogen-bond acceptors (Lipinski definition) is 9. The molecule has 11 nitrogen and oxygen atoms in total. The van der Waals surface area contributed by atoms with E-state index in [-0.39, 0.29) is 23.3 Å². The largest absolute Gasteiger partial charge is 0.509 e. The summed E-state index contributed by atoms with van der Waals surface area (Å²) in [6, 6.07) is 0.899. The molecular weight excluding hydrogens is 518 g/mol. The van der Waals surface area contributed by atoms with Crippen molar-refractivity contribution in [3.05, 3.63) is 0 Å². The number of likely N-dealkylation sites (tertiary alicyclic amines) is 1. The smallest absolute Gasteiger partial charge is 0.450 e.